The molecule has 0 rings (SSSR count). The lowest BCUT2D eigenvalue weighted by atomic mass is 10.3. The van der Waals surface area contributed by atoms with Gasteiger partial charge in [-0.05, 0) is 13.3 Å². The van der Waals surface area contributed by atoms with Gasteiger partial charge >= 0.3 is 5.97 Å². The zero-order valence-electron chi connectivity index (χ0n) is 7.30. The number of rotatable bonds is 5. The fraction of sp³-hybridized carbons (Fsp3) is 0.667. The highest BCUT2D eigenvalue weighted by Crippen LogP contribution is 2.01. The molecule has 0 amide bonds. The number of hydrogen-bond donors (Lipinski definition) is 0. The van der Waals surface area contributed by atoms with Crippen LogP contribution in [-0.4, -0.2) is 12.1 Å². The second-order valence-electron chi connectivity index (χ2n) is 2.57. The molecule has 2 nitrogen and oxygen atoms in total. The van der Waals surface area contributed by atoms with Gasteiger partial charge in [-0.15, -0.1) is 6.58 Å². The Hall–Kier alpha value is -0.790. The number of esters is 1. The summed E-state index contributed by atoms with van der Waals surface area (Å²) in [4.78, 5) is 10.9. The van der Waals surface area contributed by atoms with Crippen LogP contribution in [0.2, 0.25) is 0 Å². The first-order valence-electron chi connectivity index (χ1n) is 4.01. The quantitative estimate of drug-likeness (QED) is 0.451. The molecule has 0 aliphatic carbocycles. The van der Waals surface area contributed by atoms with E-state index >= 15 is 0 Å². The van der Waals surface area contributed by atoms with Gasteiger partial charge in [0.1, 0.15) is 6.10 Å². The van der Waals surface area contributed by atoms with Gasteiger partial charge in [-0.2, -0.15) is 0 Å². The zero-order chi connectivity index (χ0) is 8.69. The monoisotopic (exact) mass is 156 g/mol. The largest absolute Gasteiger partial charge is 0.462 e. The van der Waals surface area contributed by atoms with Crippen LogP contribution < -0.4 is 0 Å². The first kappa shape index (κ1) is 10.2. The van der Waals surface area contributed by atoms with Crippen molar-refractivity contribution in [2.75, 3.05) is 0 Å². The number of carbonyl (C=O) groups excluding carboxylic acids is 1. The molecule has 11 heavy (non-hydrogen) atoms. The first-order valence-corrected chi connectivity index (χ1v) is 4.01. The third kappa shape index (κ3) is 5.64. The molecule has 2 heteroatoms. The molecule has 0 saturated heterocycles. The molecular formula is C9H16O2. The Labute approximate surface area is 68.2 Å². The summed E-state index contributed by atoms with van der Waals surface area (Å²) in [5.41, 5.74) is 0. The minimum absolute atomic E-state index is 0.0217. The summed E-state index contributed by atoms with van der Waals surface area (Å²) in [5, 5.41) is 0. The Balaban J connectivity index is 3.48. The maximum Gasteiger partial charge on any atom is 0.306 e. The number of carbonyl (C=O) groups is 1. The van der Waals surface area contributed by atoms with E-state index in [-0.39, 0.29) is 12.1 Å². The smallest absolute Gasteiger partial charge is 0.306 e. The summed E-state index contributed by atoms with van der Waals surface area (Å²) in [6, 6.07) is 0. The van der Waals surface area contributed by atoms with E-state index in [1.807, 2.05) is 13.8 Å². The van der Waals surface area contributed by atoms with Crippen molar-refractivity contribution in [3.05, 3.63) is 12.7 Å². The Morgan fingerprint density at radius 2 is 2.36 bits per heavy atom. The molecule has 1 unspecified atom stereocenters. The van der Waals surface area contributed by atoms with Crippen molar-refractivity contribution in [3.63, 3.8) is 0 Å². The van der Waals surface area contributed by atoms with Gasteiger partial charge in [-0.1, -0.05) is 13.0 Å². The lowest BCUT2D eigenvalue weighted by molar-refractivity contribution is -0.148. The molecule has 0 aliphatic heterocycles. The topological polar surface area (TPSA) is 26.3 Å². The second-order valence-corrected chi connectivity index (χ2v) is 2.57. The van der Waals surface area contributed by atoms with Crippen LogP contribution in [0, 0.1) is 0 Å². The van der Waals surface area contributed by atoms with Gasteiger partial charge in [0, 0.05) is 12.8 Å². The fourth-order valence-corrected chi connectivity index (χ4v) is 0.770. The summed E-state index contributed by atoms with van der Waals surface area (Å²) < 4.78 is 5.02. The van der Waals surface area contributed by atoms with Gasteiger partial charge in [0.25, 0.3) is 0 Å². The highest BCUT2D eigenvalue weighted by molar-refractivity contribution is 5.69. The van der Waals surface area contributed by atoms with Crippen LogP contribution in [0.5, 0.6) is 0 Å². The summed E-state index contributed by atoms with van der Waals surface area (Å²) in [6.45, 7) is 7.39. The molecule has 0 saturated carbocycles. The molecule has 0 aromatic carbocycles. The van der Waals surface area contributed by atoms with Crippen molar-refractivity contribution in [2.45, 2.75) is 39.2 Å². The minimum atomic E-state index is -0.109. The molecule has 0 aromatic rings. The number of hydrogen-bond acceptors (Lipinski definition) is 2. The van der Waals surface area contributed by atoms with E-state index in [0.717, 1.165) is 12.8 Å². The van der Waals surface area contributed by atoms with Crippen LogP contribution >= 0.6 is 0 Å². The normalized spacial score (nSPS) is 12.2. The first-order chi connectivity index (χ1) is 5.20. The van der Waals surface area contributed by atoms with Gasteiger partial charge < -0.3 is 4.74 Å². The summed E-state index contributed by atoms with van der Waals surface area (Å²) in [6.07, 6.45) is 3.83. The lowest BCUT2D eigenvalue weighted by Crippen LogP contribution is -2.13. The lowest BCUT2D eigenvalue weighted by Gasteiger charge is -2.09. The minimum Gasteiger partial charge on any atom is -0.462 e. The molecule has 0 heterocycles. The molecule has 0 radical (unpaired) electrons. The molecule has 0 N–H and O–H groups in total. The molecule has 0 spiro atoms. The predicted molar refractivity (Wildman–Crippen MR) is 45.3 cm³/mol. The summed E-state index contributed by atoms with van der Waals surface area (Å²) >= 11 is 0. The van der Waals surface area contributed by atoms with Gasteiger partial charge in [-0.25, -0.2) is 0 Å². The fourth-order valence-electron chi connectivity index (χ4n) is 0.770. The van der Waals surface area contributed by atoms with Crippen molar-refractivity contribution in [3.8, 4) is 0 Å². The van der Waals surface area contributed by atoms with Crippen molar-refractivity contribution in [1.29, 1.82) is 0 Å². The maximum atomic E-state index is 10.9. The van der Waals surface area contributed by atoms with Gasteiger partial charge in [0.2, 0.25) is 0 Å². The van der Waals surface area contributed by atoms with Crippen LogP contribution in [0.4, 0.5) is 0 Å². The van der Waals surface area contributed by atoms with E-state index in [0.29, 0.717) is 6.42 Å². The maximum absolute atomic E-state index is 10.9. The van der Waals surface area contributed by atoms with Crippen molar-refractivity contribution in [2.24, 2.45) is 0 Å². The van der Waals surface area contributed by atoms with E-state index in [9.17, 15) is 4.79 Å². The van der Waals surface area contributed by atoms with E-state index in [1.165, 1.54) is 0 Å². The van der Waals surface area contributed by atoms with Crippen LogP contribution in [0.1, 0.15) is 33.1 Å². The van der Waals surface area contributed by atoms with Crippen LogP contribution in [0.3, 0.4) is 0 Å². The van der Waals surface area contributed by atoms with Crippen LogP contribution in [0.15, 0.2) is 12.7 Å². The van der Waals surface area contributed by atoms with Gasteiger partial charge in [0.15, 0.2) is 0 Å². The molecule has 0 fully saturated rings. The summed E-state index contributed by atoms with van der Waals surface area (Å²) in [7, 11) is 0. The van der Waals surface area contributed by atoms with E-state index in [4.69, 9.17) is 4.74 Å². The van der Waals surface area contributed by atoms with Crippen molar-refractivity contribution < 1.29 is 9.53 Å². The standard InChI is InChI=1S/C9H16O2/c1-4-6-8(3)11-9(10)7-5-2/h4,8H,1,5-7H2,2-3H3. The van der Waals surface area contributed by atoms with Gasteiger partial charge in [-0.3, -0.25) is 4.79 Å². The summed E-state index contributed by atoms with van der Waals surface area (Å²) in [5.74, 6) is -0.109. The van der Waals surface area contributed by atoms with Crippen LogP contribution in [0.25, 0.3) is 0 Å². The molecule has 64 valence electrons. The zero-order valence-corrected chi connectivity index (χ0v) is 7.30. The van der Waals surface area contributed by atoms with E-state index in [2.05, 4.69) is 6.58 Å². The Kier molecular flexibility index (Phi) is 5.53. The predicted octanol–water partition coefficient (Wildman–Crippen LogP) is 2.29. The highest BCUT2D eigenvalue weighted by Gasteiger charge is 2.05. The van der Waals surface area contributed by atoms with Crippen molar-refractivity contribution >= 4 is 5.97 Å². The van der Waals surface area contributed by atoms with E-state index < -0.39 is 0 Å². The molecule has 0 aromatic heterocycles. The Morgan fingerprint density at radius 3 is 2.82 bits per heavy atom. The third-order valence-corrected chi connectivity index (χ3v) is 1.29. The molecule has 0 aliphatic rings. The molecule has 1 atom stereocenters. The third-order valence-electron chi connectivity index (χ3n) is 1.29. The average molecular weight is 156 g/mol. The molecule has 0 bridgehead atoms. The van der Waals surface area contributed by atoms with Gasteiger partial charge in [0.05, 0.1) is 0 Å². The van der Waals surface area contributed by atoms with E-state index in [1.54, 1.807) is 6.08 Å². The Bertz CT molecular complexity index is 130. The highest BCUT2D eigenvalue weighted by atomic mass is 16.5. The SMILES string of the molecule is C=CCC(C)OC(=O)CCC. The van der Waals surface area contributed by atoms with Crippen molar-refractivity contribution in [1.82, 2.24) is 0 Å². The average Bonchev–Trinajstić information content (AvgIpc) is 1.87. The second kappa shape index (κ2) is 5.96. The number of ether oxygens (including phenoxy) is 1. The van der Waals surface area contributed by atoms with Crippen LogP contribution in [-0.2, 0) is 9.53 Å². The Morgan fingerprint density at radius 1 is 1.73 bits per heavy atom. The molecular weight excluding hydrogens is 140 g/mol.